The summed E-state index contributed by atoms with van der Waals surface area (Å²) < 4.78 is 37.6. The van der Waals surface area contributed by atoms with Crippen molar-refractivity contribution >= 4 is 34.4 Å². The lowest BCUT2D eigenvalue weighted by Gasteiger charge is -2.26. The third-order valence-corrected chi connectivity index (χ3v) is 6.26. The Labute approximate surface area is 216 Å². The molecule has 1 saturated heterocycles. The third kappa shape index (κ3) is 8.43. The summed E-state index contributed by atoms with van der Waals surface area (Å²) in [6.45, 7) is 5.72. The van der Waals surface area contributed by atoms with Gasteiger partial charge in [-0.05, 0) is 19.1 Å². The Morgan fingerprint density at radius 3 is 2.84 bits per heavy atom. The molecule has 1 aromatic heterocycles. The van der Waals surface area contributed by atoms with Gasteiger partial charge in [0, 0.05) is 44.1 Å². The summed E-state index contributed by atoms with van der Waals surface area (Å²) in [5.41, 5.74) is 5.31. The molecule has 9 nitrogen and oxygen atoms in total. The van der Waals surface area contributed by atoms with Gasteiger partial charge in [0.25, 0.3) is 17.9 Å². The van der Waals surface area contributed by atoms with Crippen molar-refractivity contribution in [2.45, 2.75) is 19.9 Å². The van der Waals surface area contributed by atoms with Gasteiger partial charge in [0.2, 0.25) is 0 Å². The van der Waals surface area contributed by atoms with E-state index in [1.54, 1.807) is 13.0 Å². The first-order valence-corrected chi connectivity index (χ1v) is 12.4. The molecule has 0 spiro atoms. The molecule has 1 aliphatic heterocycles. The van der Waals surface area contributed by atoms with E-state index in [1.807, 2.05) is 29.6 Å². The number of nitrogens with one attached hydrogen (secondary N) is 2. The number of ether oxygens (including phenoxy) is 2. The summed E-state index contributed by atoms with van der Waals surface area (Å²) in [5, 5.41) is 14.2. The van der Waals surface area contributed by atoms with Crippen LogP contribution in [0.1, 0.15) is 6.92 Å². The Hall–Kier alpha value is -3.71. The van der Waals surface area contributed by atoms with Crippen molar-refractivity contribution in [1.82, 2.24) is 14.8 Å². The van der Waals surface area contributed by atoms with Crippen molar-refractivity contribution in [2.24, 2.45) is 0 Å². The zero-order chi connectivity index (χ0) is 26.6. The van der Waals surface area contributed by atoms with E-state index in [4.69, 9.17) is 9.47 Å². The quantitative estimate of drug-likeness (QED) is 0.346. The second-order valence-corrected chi connectivity index (χ2v) is 8.76. The lowest BCUT2D eigenvalue weighted by Crippen LogP contribution is -2.38. The zero-order valence-corrected chi connectivity index (χ0v) is 21.1. The van der Waals surface area contributed by atoms with Crippen LogP contribution in [0, 0.1) is 11.3 Å². The van der Waals surface area contributed by atoms with Gasteiger partial charge >= 0.3 is 0 Å². The molecule has 1 fully saturated rings. The van der Waals surface area contributed by atoms with Crippen molar-refractivity contribution in [3.63, 3.8) is 0 Å². The molecule has 2 N–H and O–H groups in total. The number of nitrogens with zero attached hydrogens (tertiary/aromatic N) is 3. The third-order valence-electron chi connectivity index (χ3n) is 5.24. The van der Waals surface area contributed by atoms with Crippen LogP contribution in [-0.4, -0.2) is 67.8 Å². The van der Waals surface area contributed by atoms with Crippen LogP contribution >= 0.6 is 11.3 Å². The number of hydrogen-bond acceptors (Lipinski definition) is 8. The standard InChI is InChI=1S/C25H27F2N5O4S/c1-2-32-23(14-18(16-28)24(33)30-17-22(26)27)37-21(25(32)34)6-7-29-19-4-3-5-20(15-19)36-13-10-31-8-11-35-12-9-31/h3-5,7,15,22,29H,2,8-13,17H2,1H3,(H,30,33). The maximum atomic E-state index is 12.7. The number of halogens is 2. The molecule has 1 aromatic carbocycles. The second-order valence-electron chi connectivity index (χ2n) is 7.76. The lowest BCUT2D eigenvalue weighted by atomic mass is 10.3. The van der Waals surface area contributed by atoms with Crippen LogP contribution in [0.2, 0.25) is 0 Å². The summed E-state index contributed by atoms with van der Waals surface area (Å²) in [5.74, 6) is -0.284. The van der Waals surface area contributed by atoms with E-state index in [2.05, 4.69) is 21.7 Å². The molecule has 196 valence electrons. The Kier molecular flexibility index (Phi) is 10.6. The number of thiazole rings is 1. The number of aromatic nitrogens is 1. The van der Waals surface area contributed by atoms with E-state index in [1.165, 1.54) is 10.8 Å². The first kappa shape index (κ1) is 27.9. The van der Waals surface area contributed by atoms with Gasteiger partial charge in [0.1, 0.15) is 27.6 Å². The summed E-state index contributed by atoms with van der Waals surface area (Å²) in [4.78, 5) is 27.0. The summed E-state index contributed by atoms with van der Waals surface area (Å²) in [6.07, 6.45) is -1.27. The average molecular weight is 532 g/mol. The van der Waals surface area contributed by atoms with Crippen molar-refractivity contribution in [3.8, 4) is 11.8 Å². The molecule has 1 aliphatic rings. The fraction of sp³-hybridized carbons (Fsp3) is 0.400. The predicted octanol–water partition coefficient (Wildman–Crippen LogP) is 0.857. The number of amides is 1. The molecule has 0 atom stereocenters. The van der Waals surface area contributed by atoms with E-state index in [-0.39, 0.29) is 21.3 Å². The zero-order valence-electron chi connectivity index (χ0n) is 20.3. The number of anilines is 1. The van der Waals surface area contributed by atoms with Gasteiger partial charge in [-0.15, -0.1) is 0 Å². The highest BCUT2D eigenvalue weighted by atomic mass is 32.1. The molecule has 0 unspecified atom stereocenters. The van der Waals surface area contributed by atoms with Gasteiger partial charge in [-0.1, -0.05) is 28.9 Å². The fourth-order valence-electron chi connectivity index (χ4n) is 3.36. The minimum Gasteiger partial charge on any atom is -0.492 e. The number of carbonyl (C=O) groups is 1. The molecule has 0 saturated carbocycles. The molecule has 0 aliphatic carbocycles. The van der Waals surface area contributed by atoms with E-state index in [9.17, 15) is 23.6 Å². The SMILES string of the molecule is CCn1c(=C=C(C#N)C(=O)NCC(F)F)sc(=C=CNc2cccc(OCCN3CCOCC3)c2)c1=O. The summed E-state index contributed by atoms with van der Waals surface area (Å²) in [7, 11) is 0. The van der Waals surface area contributed by atoms with Crippen LogP contribution in [-0.2, 0) is 16.1 Å². The number of nitriles is 1. The van der Waals surface area contributed by atoms with Gasteiger partial charge in [-0.3, -0.25) is 19.1 Å². The average Bonchev–Trinajstić information content (AvgIpc) is 3.20. The van der Waals surface area contributed by atoms with Crippen LogP contribution in [0.4, 0.5) is 14.5 Å². The summed E-state index contributed by atoms with van der Waals surface area (Å²) in [6, 6.07) is 9.00. The topological polar surface area (TPSA) is 109 Å². The second kappa shape index (κ2) is 14.1. The van der Waals surface area contributed by atoms with Gasteiger partial charge in [0.15, 0.2) is 5.57 Å². The number of benzene rings is 1. The van der Waals surface area contributed by atoms with Crippen LogP contribution in [0.15, 0.2) is 40.8 Å². The van der Waals surface area contributed by atoms with Crippen molar-refractivity contribution in [2.75, 3.05) is 51.3 Å². The Balaban J connectivity index is 1.76. The normalized spacial score (nSPS) is 13.3. The first-order chi connectivity index (χ1) is 17.9. The highest BCUT2D eigenvalue weighted by Crippen LogP contribution is 2.17. The first-order valence-electron chi connectivity index (χ1n) is 11.6. The molecule has 37 heavy (non-hydrogen) atoms. The van der Waals surface area contributed by atoms with E-state index < -0.39 is 24.5 Å². The monoisotopic (exact) mass is 531 g/mol. The molecule has 0 radical (unpaired) electrons. The van der Waals surface area contributed by atoms with Crippen LogP contribution < -0.4 is 30.1 Å². The van der Waals surface area contributed by atoms with Crippen molar-refractivity contribution in [3.05, 3.63) is 55.6 Å². The van der Waals surface area contributed by atoms with Crippen LogP contribution in [0.5, 0.6) is 5.75 Å². The largest absolute Gasteiger partial charge is 0.492 e. The number of carbonyl (C=O) groups excluding carboxylic acids is 1. The van der Waals surface area contributed by atoms with Crippen molar-refractivity contribution in [1.29, 1.82) is 5.26 Å². The number of morpholine rings is 1. The van der Waals surface area contributed by atoms with Gasteiger partial charge in [-0.25, -0.2) is 8.78 Å². The summed E-state index contributed by atoms with van der Waals surface area (Å²) >= 11 is 0.978. The Morgan fingerprint density at radius 1 is 1.35 bits per heavy atom. The Morgan fingerprint density at radius 2 is 2.14 bits per heavy atom. The van der Waals surface area contributed by atoms with Gasteiger partial charge < -0.3 is 20.1 Å². The lowest BCUT2D eigenvalue weighted by molar-refractivity contribution is -0.117. The van der Waals surface area contributed by atoms with Crippen LogP contribution in [0.25, 0.3) is 11.5 Å². The number of hydrogen-bond donors (Lipinski definition) is 2. The molecular weight excluding hydrogens is 504 g/mol. The molecular formula is C25H27F2N5O4S. The van der Waals surface area contributed by atoms with E-state index >= 15 is 0 Å². The minimum absolute atomic E-state index is 0.211. The van der Waals surface area contributed by atoms with Gasteiger partial charge in [0.05, 0.1) is 19.8 Å². The number of alkyl halides is 2. The molecule has 12 heteroatoms. The molecule has 2 heterocycles. The van der Waals surface area contributed by atoms with Gasteiger partial charge in [-0.2, -0.15) is 5.26 Å². The molecule has 0 bridgehead atoms. The Bertz CT molecular complexity index is 1380. The number of rotatable bonds is 10. The highest BCUT2D eigenvalue weighted by Gasteiger charge is 2.12. The van der Waals surface area contributed by atoms with Crippen molar-refractivity contribution < 1.29 is 23.0 Å². The predicted molar refractivity (Wildman–Crippen MR) is 136 cm³/mol. The molecule has 3 rings (SSSR count). The smallest absolute Gasteiger partial charge is 0.277 e. The fourth-order valence-corrected chi connectivity index (χ4v) is 4.34. The molecule has 1 amide bonds. The minimum atomic E-state index is -2.75. The maximum absolute atomic E-state index is 12.7. The highest BCUT2D eigenvalue weighted by molar-refractivity contribution is 7.07. The van der Waals surface area contributed by atoms with E-state index in [0.29, 0.717) is 12.4 Å². The maximum Gasteiger partial charge on any atom is 0.277 e. The van der Waals surface area contributed by atoms with Crippen LogP contribution in [0.3, 0.4) is 0 Å². The molecule has 2 aromatic rings. The van der Waals surface area contributed by atoms with E-state index in [0.717, 1.165) is 49.9 Å².